The average molecular weight is 608 g/mol. The summed E-state index contributed by atoms with van der Waals surface area (Å²) in [6.45, 7) is 0. The molecule has 0 heterocycles. The topological polar surface area (TPSA) is 0 Å². The molecule has 0 aromatic carbocycles. The summed E-state index contributed by atoms with van der Waals surface area (Å²) >= 11 is 0. The van der Waals surface area contributed by atoms with Gasteiger partial charge in [-0.05, 0) is 0 Å². The molecule has 0 aliphatic heterocycles. The van der Waals surface area contributed by atoms with Gasteiger partial charge < -0.3 is 0 Å². The molecule has 5 heteroatoms. The first kappa shape index (κ1) is 36.0. The van der Waals surface area contributed by atoms with E-state index < -0.39 is 0 Å². The predicted molar refractivity (Wildman–Crippen MR) is 11.5 cm³/mol. The molecule has 0 fully saturated rings. The molecule has 0 aromatic rings. The molecule has 0 nitrogen and oxygen atoms in total. The largest absolute Gasteiger partial charge is 0 e. The summed E-state index contributed by atoms with van der Waals surface area (Å²) in [5.74, 6) is 0. The van der Waals surface area contributed by atoms with Crippen LogP contribution in [-0.4, -0.2) is 50.1 Å². The van der Waals surface area contributed by atoms with E-state index in [1.165, 1.54) is 0 Å². The standard InChI is InChI=1S/Bi.Mo.Nb.Sn.Zr. The van der Waals surface area contributed by atoms with Gasteiger partial charge in [0, 0.05) is 120 Å². The fourth-order valence-corrected chi connectivity index (χ4v) is 0. The Morgan fingerprint density at radius 3 is 1.00 bits per heavy atom. The Balaban J connectivity index is 0. The van der Waals surface area contributed by atoms with Crippen molar-refractivity contribution in [1.29, 1.82) is 0 Å². The van der Waals surface area contributed by atoms with Crippen LogP contribution in [0.5, 0.6) is 0 Å². The Morgan fingerprint density at radius 1 is 1.00 bits per heavy atom. The molecule has 0 saturated heterocycles. The van der Waals surface area contributed by atoms with Gasteiger partial charge >= 0.3 is 0 Å². The van der Waals surface area contributed by atoms with Gasteiger partial charge in [-0.1, -0.05) is 0 Å². The summed E-state index contributed by atoms with van der Waals surface area (Å²) in [6.07, 6.45) is 0. The van der Waals surface area contributed by atoms with E-state index in [9.17, 15) is 0 Å². The fourth-order valence-electron chi connectivity index (χ4n) is 0. The Bertz CT molecular complexity index is 11.6. The molecule has 0 unspecified atom stereocenters. The minimum atomic E-state index is 0. The molecule has 0 bridgehead atoms. The minimum Gasteiger partial charge on any atom is 0 e. The van der Waals surface area contributed by atoms with Crippen LogP contribution in [0.2, 0.25) is 0 Å². The summed E-state index contributed by atoms with van der Waals surface area (Å²) in [5.41, 5.74) is 0. The molecule has 0 spiro atoms. The van der Waals surface area contributed by atoms with Crippen LogP contribution in [-0.2, 0) is 69.6 Å². The molecule has 0 rings (SSSR count). The van der Waals surface area contributed by atoms with Crippen molar-refractivity contribution in [1.82, 2.24) is 0 Å². The van der Waals surface area contributed by atoms with E-state index in [4.69, 9.17) is 0 Å². The van der Waals surface area contributed by atoms with Gasteiger partial charge in [0.05, 0.1) is 0 Å². The first-order valence-electron chi connectivity index (χ1n) is 0. The maximum absolute atomic E-state index is 0. The Morgan fingerprint density at radius 2 is 1.00 bits per heavy atom. The van der Waals surface area contributed by atoms with Crippen molar-refractivity contribution in [3.05, 3.63) is 0 Å². The molecule has 0 saturated carbocycles. The first-order valence-corrected chi connectivity index (χ1v) is 0. The minimum absolute atomic E-state index is 0. The first-order chi connectivity index (χ1) is 0. The quantitative estimate of drug-likeness (QED) is 0.318. The van der Waals surface area contributed by atoms with Crippen molar-refractivity contribution in [2.24, 2.45) is 0 Å². The van der Waals surface area contributed by atoms with Gasteiger partial charge in [0.2, 0.25) is 0 Å². The molecule has 24 valence electrons. The van der Waals surface area contributed by atoms with Crippen molar-refractivity contribution in [2.45, 2.75) is 0 Å². The van der Waals surface area contributed by atoms with Crippen molar-refractivity contribution >= 4 is 50.1 Å². The molecule has 5 heavy (non-hydrogen) atoms. The molecule has 0 atom stereocenters. The summed E-state index contributed by atoms with van der Waals surface area (Å²) in [6, 6.07) is 0. The molecule has 0 aliphatic carbocycles. The maximum atomic E-state index is 0. The molecule has 0 aliphatic rings. The van der Waals surface area contributed by atoms with Crippen LogP contribution in [0.1, 0.15) is 0 Å². The third-order valence-corrected chi connectivity index (χ3v) is 0. The smallest absolute Gasteiger partial charge is 0 e. The maximum Gasteiger partial charge on any atom is 0 e. The van der Waals surface area contributed by atoms with Gasteiger partial charge in [-0.25, -0.2) is 0 Å². The van der Waals surface area contributed by atoms with E-state index >= 15 is 0 Å². The molecular formula is BiMoNbSnZr. The second-order valence-corrected chi connectivity index (χ2v) is 0. The third-order valence-electron chi connectivity index (χ3n) is 0. The van der Waals surface area contributed by atoms with Gasteiger partial charge in [0.15, 0.2) is 0 Å². The second kappa shape index (κ2) is 24.5. The van der Waals surface area contributed by atoms with Crippen LogP contribution < -0.4 is 0 Å². The van der Waals surface area contributed by atoms with Gasteiger partial charge in [-0.2, -0.15) is 0 Å². The van der Waals surface area contributed by atoms with Crippen LogP contribution in [0.25, 0.3) is 0 Å². The van der Waals surface area contributed by atoms with Crippen molar-refractivity contribution in [3.63, 3.8) is 0 Å². The summed E-state index contributed by atoms with van der Waals surface area (Å²) in [7, 11) is 0. The van der Waals surface area contributed by atoms with E-state index in [2.05, 4.69) is 0 Å². The van der Waals surface area contributed by atoms with Crippen molar-refractivity contribution in [2.75, 3.05) is 0 Å². The van der Waals surface area contributed by atoms with Crippen molar-refractivity contribution < 1.29 is 69.6 Å². The van der Waals surface area contributed by atoms with E-state index in [-0.39, 0.29) is 120 Å². The summed E-state index contributed by atoms with van der Waals surface area (Å²) in [5, 5.41) is 0. The fraction of sp³-hybridized carbons (Fsp3) is 0. The molecule has 0 amide bonds. The molecule has 0 aromatic heterocycles. The van der Waals surface area contributed by atoms with E-state index in [0.717, 1.165) is 0 Å². The van der Waals surface area contributed by atoms with Gasteiger partial charge in [-0.15, -0.1) is 0 Å². The van der Waals surface area contributed by atoms with Crippen LogP contribution in [0, 0.1) is 0 Å². The van der Waals surface area contributed by atoms with Crippen LogP contribution in [0.3, 0.4) is 0 Å². The van der Waals surface area contributed by atoms with E-state index in [1.54, 1.807) is 0 Å². The number of rotatable bonds is 0. The normalized spacial score (nSPS) is 0. The second-order valence-electron chi connectivity index (χ2n) is 0. The SMILES string of the molecule is [Bi].[Mo].[Nb].[Sn].[Zr]. The monoisotopic (exact) mass is 610 g/mol. The average Bonchev–Trinajstić information content (AvgIpc) is 0. The van der Waals surface area contributed by atoms with Crippen molar-refractivity contribution in [3.8, 4) is 0 Å². The van der Waals surface area contributed by atoms with Crippen LogP contribution in [0.4, 0.5) is 0 Å². The Hall–Kier alpha value is 3.99. The van der Waals surface area contributed by atoms with Gasteiger partial charge in [0.1, 0.15) is 0 Å². The zero-order chi connectivity index (χ0) is 0. The predicted octanol–water partition coefficient (Wildman–Crippen LogP) is -0.769. The van der Waals surface area contributed by atoms with Crippen LogP contribution >= 0.6 is 0 Å². The molecule has 8 radical (unpaired) electrons. The van der Waals surface area contributed by atoms with Gasteiger partial charge in [-0.3, -0.25) is 0 Å². The molecular weight excluding hydrogens is 608 g/mol. The third kappa shape index (κ3) is 18.0. The summed E-state index contributed by atoms with van der Waals surface area (Å²) < 4.78 is 0. The van der Waals surface area contributed by atoms with Gasteiger partial charge in [0.25, 0.3) is 0 Å². The number of hydrogen-bond acceptors (Lipinski definition) is 0. The van der Waals surface area contributed by atoms with E-state index in [0.29, 0.717) is 0 Å². The van der Waals surface area contributed by atoms with Crippen LogP contribution in [0.15, 0.2) is 0 Å². The Kier molecular flexibility index (Phi) is 177. The Labute approximate surface area is 117 Å². The zero-order valence-corrected chi connectivity index (χ0v) is 15.3. The molecule has 0 N–H and O–H groups in total. The van der Waals surface area contributed by atoms with E-state index in [1.807, 2.05) is 0 Å². The zero-order valence-electron chi connectivity index (χ0n) is 2.30. The number of hydrogen-bond donors (Lipinski definition) is 0. The summed E-state index contributed by atoms with van der Waals surface area (Å²) in [4.78, 5) is 0.